The Morgan fingerprint density at radius 1 is 1.53 bits per heavy atom. The van der Waals surface area contributed by atoms with Gasteiger partial charge in [-0.3, -0.25) is 5.41 Å². The van der Waals surface area contributed by atoms with E-state index in [1.807, 2.05) is 13.8 Å². The van der Waals surface area contributed by atoms with Crippen molar-refractivity contribution in [1.29, 1.82) is 5.41 Å². The van der Waals surface area contributed by atoms with E-state index in [0.717, 1.165) is 38.9 Å². The minimum Gasteiger partial charge on any atom is -0.392 e. The number of nitrogens with zero attached hydrogens (tertiary/aromatic N) is 1. The van der Waals surface area contributed by atoms with Gasteiger partial charge < -0.3 is 15.7 Å². The Labute approximate surface area is 105 Å². The number of rotatable bonds is 5. The summed E-state index contributed by atoms with van der Waals surface area (Å²) < 4.78 is 0. The van der Waals surface area contributed by atoms with Gasteiger partial charge in [0.25, 0.3) is 0 Å². The second-order valence-corrected chi connectivity index (χ2v) is 6.04. The third-order valence-corrected chi connectivity index (χ3v) is 4.01. The minimum absolute atomic E-state index is 0.176. The number of aliphatic hydroxyl groups is 1. The van der Waals surface area contributed by atoms with Crippen LogP contribution in [0.1, 0.15) is 40.0 Å². The van der Waals surface area contributed by atoms with Gasteiger partial charge in [-0.1, -0.05) is 20.8 Å². The first kappa shape index (κ1) is 14.5. The van der Waals surface area contributed by atoms with Crippen molar-refractivity contribution >= 4 is 5.84 Å². The summed E-state index contributed by atoms with van der Waals surface area (Å²) in [6.45, 7) is 9.02. The van der Waals surface area contributed by atoms with Gasteiger partial charge in [0, 0.05) is 12.0 Å². The number of nitrogens with two attached hydrogens (primary N) is 1. The molecule has 0 bridgehead atoms. The lowest BCUT2D eigenvalue weighted by molar-refractivity contribution is 0.0281. The summed E-state index contributed by atoms with van der Waals surface area (Å²) in [4.78, 5) is 2.32. The van der Waals surface area contributed by atoms with Gasteiger partial charge in [-0.05, 0) is 38.3 Å². The van der Waals surface area contributed by atoms with Crippen LogP contribution in [0, 0.1) is 16.7 Å². The quantitative estimate of drug-likeness (QED) is 0.503. The van der Waals surface area contributed by atoms with Gasteiger partial charge in [0.05, 0.1) is 11.9 Å². The molecule has 0 radical (unpaired) electrons. The average Bonchev–Trinajstić information content (AvgIpc) is 2.23. The smallest absolute Gasteiger partial charge is 0.0963 e. The zero-order valence-corrected chi connectivity index (χ0v) is 11.4. The van der Waals surface area contributed by atoms with E-state index in [2.05, 4.69) is 11.8 Å². The van der Waals surface area contributed by atoms with Crippen LogP contribution in [0.25, 0.3) is 0 Å². The van der Waals surface area contributed by atoms with Gasteiger partial charge in [0.15, 0.2) is 0 Å². The summed E-state index contributed by atoms with van der Waals surface area (Å²) in [6.07, 6.45) is 2.87. The summed E-state index contributed by atoms with van der Waals surface area (Å²) in [6, 6.07) is 0. The Bertz CT molecular complexity index is 265. The molecule has 1 aliphatic rings. The topological polar surface area (TPSA) is 73.3 Å². The second kappa shape index (κ2) is 5.83. The number of nitrogens with one attached hydrogen (secondary N) is 1. The number of hydrogen-bond donors (Lipinski definition) is 3. The van der Waals surface area contributed by atoms with E-state index >= 15 is 0 Å². The molecule has 1 fully saturated rings. The maximum absolute atomic E-state index is 9.80. The zero-order chi connectivity index (χ0) is 13.1. The van der Waals surface area contributed by atoms with E-state index in [-0.39, 0.29) is 17.4 Å². The number of hydrogen-bond acceptors (Lipinski definition) is 3. The number of β-amino-alcohol motifs (C(OH)–C–C–N with tert-alkyl or cyclic N) is 1. The van der Waals surface area contributed by atoms with Crippen LogP contribution < -0.4 is 5.73 Å². The molecule has 0 spiro atoms. The van der Waals surface area contributed by atoms with Crippen LogP contribution in [-0.4, -0.2) is 41.6 Å². The molecule has 2 unspecified atom stereocenters. The summed E-state index contributed by atoms with van der Waals surface area (Å²) in [5.74, 6) is 0.699. The first-order valence-corrected chi connectivity index (χ1v) is 6.58. The molecule has 1 aliphatic heterocycles. The summed E-state index contributed by atoms with van der Waals surface area (Å²) in [7, 11) is 0. The number of piperidine rings is 1. The van der Waals surface area contributed by atoms with E-state index in [0.29, 0.717) is 5.92 Å². The van der Waals surface area contributed by atoms with Crippen LogP contribution in [0.5, 0.6) is 0 Å². The molecule has 0 amide bonds. The maximum Gasteiger partial charge on any atom is 0.0963 e. The molecule has 0 aromatic carbocycles. The monoisotopic (exact) mass is 241 g/mol. The van der Waals surface area contributed by atoms with Crippen molar-refractivity contribution < 1.29 is 5.11 Å². The van der Waals surface area contributed by atoms with E-state index in [4.69, 9.17) is 11.1 Å². The normalized spacial score (nSPS) is 27.1. The van der Waals surface area contributed by atoms with Gasteiger partial charge in [-0.2, -0.15) is 0 Å². The highest BCUT2D eigenvalue weighted by molar-refractivity contribution is 5.82. The largest absolute Gasteiger partial charge is 0.392 e. The lowest BCUT2D eigenvalue weighted by Crippen LogP contribution is -2.43. The predicted molar refractivity (Wildman–Crippen MR) is 71.2 cm³/mol. The van der Waals surface area contributed by atoms with Gasteiger partial charge in [0.2, 0.25) is 0 Å². The van der Waals surface area contributed by atoms with Crippen molar-refractivity contribution in [2.24, 2.45) is 17.1 Å². The fourth-order valence-corrected chi connectivity index (χ4v) is 2.20. The maximum atomic E-state index is 9.80. The second-order valence-electron chi connectivity index (χ2n) is 6.04. The van der Waals surface area contributed by atoms with Gasteiger partial charge >= 0.3 is 0 Å². The van der Waals surface area contributed by atoms with Crippen LogP contribution in [-0.2, 0) is 0 Å². The van der Waals surface area contributed by atoms with Crippen LogP contribution in [0.15, 0.2) is 0 Å². The Hall–Kier alpha value is -0.610. The summed E-state index contributed by atoms with van der Waals surface area (Å²) in [5.41, 5.74) is 5.37. The van der Waals surface area contributed by atoms with Gasteiger partial charge in [-0.25, -0.2) is 0 Å². The van der Waals surface area contributed by atoms with Crippen molar-refractivity contribution in [2.45, 2.75) is 46.1 Å². The Morgan fingerprint density at radius 2 is 2.18 bits per heavy atom. The molecule has 17 heavy (non-hydrogen) atoms. The van der Waals surface area contributed by atoms with Crippen molar-refractivity contribution in [3.05, 3.63) is 0 Å². The van der Waals surface area contributed by atoms with Crippen molar-refractivity contribution in [3.63, 3.8) is 0 Å². The third-order valence-electron chi connectivity index (χ3n) is 4.01. The van der Waals surface area contributed by atoms with Gasteiger partial charge in [0.1, 0.15) is 0 Å². The summed E-state index contributed by atoms with van der Waals surface area (Å²) >= 11 is 0. The molecule has 0 aliphatic carbocycles. The fourth-order valence-electron chi connectivity index (χ4n) is 2.20. The Kier molecular flexibility index (Phi) is 4.95. The highest BCUT2D eigenvalue weighted by Crippen LogP contribution is 2.23. The Morgan fingerprint density at radius 3 is 2.71 bits per heavy atom. The fraction of sp³-hybridized carbons (Fsp3) is 0.923. The van der Waals surface area contributed by atoms with E-state index in [1.165, 1.54) is 0 Å². The molecule has 1 heterocycles. The van der Waals surface area contributed by atoms with Crippen LogP contribution in [0.4, 0.5) is 0 Å². The lowest BCUT2D eigenvalue weighted by Gasteiger charge is -2.34. The molecule has 4 heteroatoms. The van der Waals surface area contributed by atoms with E-state index in [9.17, 15) is 5.11 Å². The minimum atomic E-state index is -0.193. The van der Waals surface area contributed by atoms with Crippen LogP contribution in [0.3, 0.4) is 0 Å². The molecule has 0 saturated carbocycles. The van der Waals surface area contributed by atoms with Gasteiger partial charge in [-0.15, -0.1) is 0 Å². The highest BCUT2D eigenvalue weighted by atomic mass is 16.3. The standard InChI is InChI=1S/C13H27N3O/c1-10-5-8-16(9-11(10)17)7-4-6-13(2,3)12(14)15/h10-11,17H,4-9H2,1-3H3,(H3,14,15). The molecule has 4 nitrogen and oxygen atoms in total. The first-order chi connectivity index (χ1) is 7.83. The molecular weight excluding hydrogens is 214 g/mol. The molecule has 0 aromatic rings. The zero-order valence-electron chi connectivity index (χ0n) is 11.4. The molecule has 0 aromatic heterocycles. The predicted octanol–water partition coefficient (Wildman–Crippen LogP) is 1.43. The lowest BCUT2D eigenvalue weighted by atomic mass is 9.86. The molecule has 1 rings (SSSR count). The van der Waals surface area contributed by atoms with Crippen molar-refractivity contribution in [2.75, 3.05) is 19.6 Å². The van der Waals surface area contributed by atoms with E-state index in [1.54, 1.807) is 0 Å². The number of amidine groups is 1. The molecule has 100 valence electrons. The Balaban J connectivity index is 2.26. The summed E-state index contributed by atoms with van der Waals surface area (Å²) in [5, 5.41) is 17.3. The molecule has 2 atom stereocenters. The highest BCUT2D eigenvalue weighted by Gasteiger charge is 2.25. The number of aliphatic hydroxyl groups excluding tert-OH is 1. The first-order valence-electron chi connectivity index (χ1n) is 6.58. The van der Waals surface area contributed by atoms with E-state index < -0.39 is 0 Å². The average molecular weight is 241 g/mol. The van der Waals surface area contributed by atoms with Crippen LogP contribution >= 0.6 is 0 Å². The molecule has 1 saturated heterocycles. The molecular formula is C13H27N3O. The van der Waals surface area contributed by atoms with Crippen molar-refractivity contribution in [3.8, 4) is 0 Å². The van der Waals surface area contributed by atoms with Crippen molar-refractivity contribution in [1.82, 2.24) is 4.90 Å². The SMILES string of the molecule is CC1CCN(CCCC(C)(C)C(=N)N)CC1O. The third kappa shape index (κ3) is 4.28. The van der Waals surface area contributed by atoms with Crippen LogP contribution in [0.2, 0.25) is 0 Å². The number of likely N-dealkylation sites (tertiary alicyclic amines) is 1. The molecule has 4 N–H and O–H groups in total.